The quantitative estimate of drug-likeness (QED) is 0.779. The van der Waals surface area contributed by atoms with E-state index in [2.05, 4.69) is 41.1 Å². The lowest BCUT2D eigenvalue weighted by Gasteiger charge is -2.12. The molecule has 1 aromatic carbocycles. The molecular weight excluding hydrogens is 250 g/mol. The normalized spacial score (nSPS) is 12.7. The van der Waals surface area contributed by atoms with Crippen molar-refractivity contribution in [2.75, 3.05) is 0 Å². The molecule has 0 saturated carbocycles. The van der Waals surface area contributed by atoms with Crippen LogP contribution >= 0.6 is 15.9 Å². The molecule has 0 spiro atoms. The van der Waals surface area contributed by atoms with E-state index < -0.39 is 0 Å². The Balaban J connectivity index is 2.37. The molecule has 0 fully saturated rings. The first kappa shape index (κ1) is 12.7. The summed E-state index contributed by atoms with van der Waals surface area (Å²) < 4.78 is 1.18. The van der Waals surface area contributed by atoms with Crippen LogP contribution in [0.1, 0.15) is 38.2 Å². The van der Waals surface area contributed by atoms with E-state index in [4.69, 9.17) is 5.73 Å². The molecule has 0 saturated heterocycles. The van der Waals surface area contributed by atoms with Gasteiger partial charge in [-0.25, -0.2) is 0 Å². The number of nitrogens with two attached hydrogens (primary N) is 1. The second kappa shape index (κ2) is 7.02. The van der Waals surface area contributed by atoms with Crippen LogP contribution in [0.5, 0.6) is 0 Å². The lowest BCUT2D eigenvalue weighted by atomic mass is 10.0. The van der Waals surface area contributed by atoms with Crippen molar-refractivity contribution < 1.29 is 0 Å². The Morgan fingerprint density at radius 3 is 2.67 bits per heavy atom. The minimum absolute atomic E-state index is 0.301. The first-order valence-electron chi connectivity index (χ1n) is 5.73. The number of hydrogen-bond donors (Lipinski definition) is 1. The molecule has 2 N–H and O–H groups in total. The minimum atomic E-state index is 0.301. The molecule has 0 bridgehead atoms. The van der Waals surface area contributed by atoms with Gasteiger partial charge in [-0.2, -0.15) is 0 Å². The molecular formula is C13H20BrN. The molecule has 1 nitrogen and oxygen atoms in total. The van der Waals surface area contributed by atoms with Crippen molar-refractivity contribution in [1.82, 2.24) is 0 Å². The summed E-state index contributed by atoms with van der Waals surface area (Å²) in [5.41, 5.74) is 7.42. The van der Waals surface area contributed by atoms with E-state index in [-0.39, 0.29) is 0 Å². The molecule has 0 aliphatic carbocycles. The third-order valence-corrected chi connectivity index (χ3v) is 3.39. The third-order valence-electron chi connectivity index (χ3n) is 2.62. The zero-order valence-electron chi connectivity index (χ0n) is 9.38. The van der Waals surface area contributed by atoms with Crippen LogP contribution in [0.15, 0.2) is 28.7 Å². The van der Waals surface area contributed by atoms with Gasteiger partial charge in [0.2, 0.25) is 0 Å². The number of unbranched alkanes of at least 4 members (excludes halogenated alkanes) is 2. The van der Waals surface area contributed by atoms with Crippen molar-refractivity contribution in [2.45, 2.75) is 45.1 Å². The van der Waals surface area contributed by atoms with Crippen LogP contribution in [-0.4, -0.2) is 6.04 Å². The van der Waals surface area contributed by atoms with Gasteiger partial charge in [-0.1, -0.05) is 60.3 Å². The van der Waals surface area contributed by atoms with E-state index in [1.807, 2.05) is 6.07 Å². The van der Waals surface area contributed by atoms with Crippen molar-refractivity contribution in [1.29, 1.82) is 0 Å². The van der Waals surface area contributed by atoms with E-state index in [0.717, 1.165) is 12.8 Å². The fourth-order valence-corrected chi connectivity index (χ4v) is 2.15. The molecule has 0 aromatic heterocycles. The summed E-state index contributed by atoms with van der Waals surface area (Å²) in [7, 11) is 0. The monoisotopic (exact) mass is 269 g/mol. The molecule has 15 heavy (non-hydrogen) atoms. The number of hydrogen-bond acceptors (Lipinski definition) is 1. The fourth-order valence-electron chi connectivity index (χ4n) is 1.70. The van der Waals surface area contributed by atoms with E-state index in [9.17, 15) is 0 Å². The largest absolute Gasteiger partial charge is 0.327 e. The van der Waals surface area contributed by atoms with Gasteiger partial charge in [0.1, 0.15) is 0 Å². The van der Waals surface area contributed by atoms with Crippen LogP contribution in [0, 0.1) is 0 Å². The lowest BCUT2D eigenvalue weighted by Crippen LogP contribution is -2.22. The maximum atomic E-state index is 6.09. The third kappa shape index (κ3) is 4.80. The molecule has 1 rings (SSSR count). The highest BCUT2D eigenvalue weighted by molar-refractivity contribution is 9.10. The summed E-state index contributed by atoms with van der Waals surface area (Å²) in [4.78, 5) is 0. The van der Waals surface area contributed by atoms with E-state index in [1.54, 1.807) is 0 Å². The molecule has 1 atom stereocenters. The molecule has 0 radical (unpaired) electrons. The van der Waals surface area contributed by atoms with Gasteiger partial charge in [0.15, 0.2) is 0 Å². The van der Waals surface area contributed by atoms with Gasteiger partial charge in [0.05, 0.1) is 0 Å². The summed E-state index contributed by atoms with van der Waals surface area (Å²) in [5, 5.41) is 0. The molecule has 84 valence electrons. The summed E-state index contributed by atoms with van der Waals surface area (Å²) in [6.45, 7) is 2.22. The predicted octanol–water partition coefficient (Wildman–Crippen LogP) is 3.90. The second-order valence-corrected chi connectivity index (χ2v) is 4.91. The van der Waals surface area contributed by atoms with Crippen LogP contribution in [-0.2, 0) is 6.42 Å². The highest BCUT2D eigenvalue weighted by atomic mass is 79.9. The van der Waals surface area contributed by atoms with Crippen molar-refractivity contribution in [3.8, 4) is 0 Å². The van der Waals surface area contributed by atoms with Gasteiger partial charge in [0.25, 0.3) is 0 Å². The summed E-state index contributed by atoms with van der Waals surface area (Å²) in [6.07, 6.45) is 5.92. The second-order valence-electron chi connectivity index (χ2n) is 4.05. The smallest absolute Gasteiger partial charge is 0.0207 e. The van der Waals surface area contributed by atoms with Crippen LogP contribution < -0.4 is 5.73 Å². The summed E-state index contributed by atoms with van der Waals surface area (Å²) in [6, 6.07) is 8.63. The topological polar surface area (TPSA) is 26.0 Å². The van der Waals surface area contributed by atoms with Crippen molar-refractivity contribution in [3.05, 3.63) is 34.3 Å². The molecule has 0 amide bonds. The zero-order chi connectivity index (χ0) is 11.1. The van der Waals surface area contributed by atoms with E-state index in [0.29, 0.717) is 6.04 Å². The zero-order valence-corrected chi connectivity index (χ0v) is 11.0. The minimum Gasteiger partial charge on any atom is -0.327 e. The number of halogens is 1. The Labute approximate surface area is 101 Å². The highest BCUT2D eigenvalue weighted by Gasteiger charge is 2.05. The molecule has 1 aromatic rings. The molecule has 2 heteroatoms. The number of benzene rings is 1. The Morgan fingerprint density at radius 1 is 1.27 bits per heavy atom. The average molecular weight is 270 g/mol. The van der Waals surface area contributed by atoms with E-state index >= 15 is 0 Å². The number of rotatable bonds is 6. The molecule has 0 aliphatic rings. The van der Waals surface area contributed by atoms with Gasteiger partial charge in [-0.05, 0) is 24.5 Å². The van der Waals surface area contributed by atoms with Gasteiger partial charge in [-0.15, -0.1) is 0 Å². The van der Waals surface area contributed by atoms with Crippen LogP contribution in [0.3, 0.4) is 0 Å². The highest BCUT2D eigenvalue weighted by Crippen LogP contribution is 2.18. The van der Waals surface area contributed by atoms with Crippen LogP contribution in [0.2, 0.25) is 0 Å². The Kier molecular flexibility index (Phi) is 5.96. The fraction of sp³-hybridized carbons (Fsp3) is 0.538. The maximum Gasteiger partial charge on any atom is 0.0207 e. The molecule has 1 unspecified atom stereocenters. The predicted molar refractivity (Wildman–Crippen MR) is 70.0 cm³/mol. The van der Waals surface area contributed by atoms with Crippen molar-refractivity contribution in [2.24, 2.45) is 5.73 Å². The molecule has 0 heterocycles. The van der Waals surface area contributed by atoms with E-state index in [1.165, 1.54) is 29.3 Å². The van der Waals surface area contributed by atoms with Gasteiger partial charge >= 0.3 is 0 Å². The summed E-state index contributed by atoms with van der Waals surface area (Å²) in [5.74, 6) is 0. The standard InChI is InChI=1S/C13H20BrN/c1-2-3-4-8-12(15)10-11-7-5-6-9-13(11)14/h5-7,9,12H,2-4,8,10,15H2,1H3. The van der Waals surface area contributed by atoms with Gasteiger partial charge < -0.3 is 5.73 Å². The average Bonchev–Trinajstić information content (AvgIpc) is 2.22. The van der Waals surface area contributed by atoms with Crippen LogP contribution in [0.4, 0.5) is 0 Å². The first-order valence-corrected chi connectivity index (χ1v) is 6.52. The van der Waals surface area contributed by atoms with Crippen molar-refractivity contribution in [3.63, 3.8) is 0 Å². The Bertz CT molecular complexity index is 286. The Hall–Kier alpha value is -0.340. The lowest BCUT2D eigenvalue weighted by molar-refractivity contribution is 0.557. The van der Waals surface area contributed by atoms with Crippen molar-refractivity contribution >= 4 is 15.9 Å². The SMILES string of the molecule is CCCCCC(N)Cc1ccccc1Br. The first-order chi connectivity index (χ1) is 7.24. The maximum absolute atomic E-state index is 6.09. The molecule has 0 aliphatic heterocycles. The Morgan fingerprint density at radius 2 is 2.00 bits per heavy atom. The summed E-state index contributed by atoms with van der Waals surface area (Å²) >= 11 is 3.55. The van der Waals surface area contributed by atoms with Crippen LogP contribution in [0.25, 0.3) is 0 Å². The van der Waals surface area contributed by atoms with Gasteiger partial charge in [0, 0.05) is 10.5 Å². The van der Waals surface area contributed by atoms with Gasteiger partial charge in [-0.3, -0.25) is 0 Å².